The Hall–Kier alpha value is -2.11. The van der Waals surface area contributed by atoms with Crippen LogP contribution < -0.4 is 9.80 Å². The number of halogens is 1. The molecule has 6 heteroatoms. The van der Waals surface area contributed by atoms with Crippen molar-refractivity contribution in [2.75, 3.05) is 42.5 Å². The standard InChI is InChI=1S/C23H27ClN4O/c1-16(29)27-13-14-28-21-9-12-26(11-4-7-20-19(24)6-3-10-25-20)15-18(21)17-5-2-8-22(27)23(17)28/h2-3,5-6,8,10,18,21H,4,7,9,11-15H2,1H3/t18-,21-/m0/s1. The number of para-hydroxylation sites is 1. The van der Waals surface area contributed by atoms with E-state index in [2.05, 4.69) is 33.0 Å². The van der Waals surface area contributed by atoms with E-state index in [1.54, 1.807) is 6.92 Å². The van der Waals surface area contributed by atoms with E-state index >= 15 is 0 Å². The van der Waals surface area contributed by atoms with Gasteiger partial charge in [0.1, 0.15) is 0 Å². The zero-order chi connectivity index (χ0) is 20.0. The second-order valence-corrected chi connectivity index (χ2v) is 8.78. The van der Waals surface area contributed by atoms with Crippen LogP contribution in [-0.2, 0) is 11.2 Å². The highest BCUT2D eigenvalue weighted by Crippen LogP contribution is 2.50. The zero-order valence-corrected chi connectivity index (χ0v) is 17.6. The molecule has 3 aliphatic heterocycles. The van der Waals surface area contributed by atoms with Gasteiger partial charge in [0.25, 0.3) is 0 Å². The van der Waals surface area contributed by atoms with Crippen molar-refractivity contribution in [3.8, 4) is 0 Å². The molecule has 0 spiro atoms. The minimum atomic E-state index is 0.141. The molecule has 2 atom stereocenters. The van der Waals surface area contributed by atoms with Crippen molar-refractivity contribution in [2.24, 2.45) is 0 Å². The summed E-state index contributed by atoms with van der Waals surface area (Å²) < 4.78 is 0. The average molecular weight is 411 g/mol. The Morgan fingerprint density at radius 1 is 1.21 bits per heavy atom. The molecule has 1 aromatic heterocycles. The smallest absolute Gasteiger partial charge is 0.223 e. The van der Waals surface area contributed by atoms with Gasteiger partial charge in [-0.15, -0.1) is 0 Å². The van der Waals surface area contributed by atoms with Crippen molar-refractivity contribution in [3.63, 3.8) is 0 Å². The summed E-state index contributed by atoms with van der Waals surface area (Å²) in [6, 6.07) is 10.9. The maximum atomic E-state index is 12.1. The molecule has 1 saturated heterocycles. The Bertz CT molecular complexity index is 933. The van der Waals surface area contributed by atoms with E-state index < -0.39 is 0 Å². The highest BCUT2D eigenvalue weighted by molar-refractivity contribution is 6.31. The molecule has 1 fully saturated rings. The van der Waals surface area contributed by atoms with Crippen molar-refractivity contribution >= 4 is 28.9 Å². The van der Waals surface area contributed by atoms with Gasteiger partial charge in [-0.05, 0) is 49.6 Å². The quantitative estimate of drug-likeness (QED) is 0.770. The highest BCUT2D eigenvalue weighted by Gasteiger charge is 2.45. The van der Waals surface area contributed by atoms with E-state index in [9.17, 15) is 4.79 Å². The lowest BCUT2D eigenvalue weighted by Crippen LogP contribution is -2.50. The van der Waals surface area contributed by atoms with Gasteiger partial charge in [-0.25, -0.2) is 0 Å². The van der Waals surface area contributed by atoms with Crippen LogP contribution in [0.1, 0.15) is 36.9 Å². The molecule has 29 heavy (non-hydrogen) atoms. The first-order chi connectivity index (χ1) is 14.1. The summed E-state index contributed by atoms with van der Waals surface area (Å²) in [5.74, 6) is 0.673. The number of amides is 1. The van der Waals surface area contributed by atoms with Crippen LogP contribution in [-0.4, -0.2) is 54.6 Å². The van der Waals surface area contributed by atoms with Crippen LogP contribution in [0.2, 0.25) is 5.02 Å². The van der Waals surface area contributed by atoms with Gasteiger partial charge in [-0.3, -0.25) is 9.78 Å². The number of fused-ring (bicyclic) bond motifs is 3. The number of carbonyl (C=O) groups is 1. The molecule has 0 aliphatic carbocycles. The molecular formula is C23H27ClN4O. The summed E-state index contributed by atoms with van der Waals surface area (Å²) in [4.78, 5) is 23.6. The fourth-order valence-corrected chi connectivity index (χ4v) is 5.65. The first-order valence-electron chi connectivity index (χ1n) is 10.6. The summed E-state index contributed by atoms with van der Waals surface area (Å²) in [6.45, 7) is 6.71. The zero-order valence-electron chi connectivity index (χ0n) is 16.9. The number of aryl methyl sites for hydroxylation is 1. The molecule has 1 amide bonds. The minimum Gasteiger partial charge on any atom is -0.364 e. The molecule has 0 saturated carbocycles. The van der Waals surface area contributed by atoms with E-state index in [0.717, 1.165) is 62.0 Å². The number of benzene rings is 1. The number of rotatable bonds is 4. The Labute approximate surface area is 177 Å². The van der Waals surface area contributed by atoms with Crippen LogP contribution in [0.25, 0.3) is 0 Å². The number of anilines is 2. The van der Waals surface area contributed by atoms with E-state index in [1.807, 2.05) is 23.2 Å². The van der Waals surface area contributed by atoms with Crippen LogP contribution in [0.5, 0.6) is 0 Å². The van der Waals surface area contributed by atoms with Gasteiger partial charge in [0.15, 0.2) is 0 Å². The molecule has 1 aromatic carbocycles. The van der Waals surface area contributed by atoms with Gasteiger partial charge in [0, 0.05) is 51.3 Å². The number of hydrogen-bond donors (Lipinski definition) is 0. The van der Waals surface area contributed by atoms with E-state index in [-0.39, 0.29) is 5.91 Å². The normalized spacial score (nSPS) is 23.1. The Morgan fingerprint density at radius 3 is 2.93 bits per heavy atom. The van der Waals surface area contributed by atoms with Gasteiger partial charge in [0.05, 0.1) is 22.1 Å². The number of hydrogen-bond acceptors (Lipinski definition) is 4. The topological polar surface area (TPSA) is 39.7 Å². The second-order valence-electron chi connectivity index (χ2n) is 8.38. The fourth-order valence-electron chi connectivity index (χ4n) is 5.44. The third-order valence-corrected chi connectivity index (χ3v) is 7.10. The van der Waals surface area contributed by atoms with Gasteiger partial charge in [-0.1, -0.05) is 23.7 Å². The van der Waals surface area contributed by atoms with Crippen molar-refractivity contribution in [3.05, 3.63) is 52.8 Å². The summed E-state index contributed by atoms with van der Waals surface area (Å²) in [6.07, 6.45) is 5.00. The van der Waals surface area contributed by atoms with Crippen LogP contribution in [0.3, 0.4) is 0 Å². The van der Waals surface area contributed by atoms with E-state index in [1.165, 1.54) is 17.7 Å². The molecule has 0 bridgehead atoms. The number of aromatic nitrogens is 1. The van der Waals surface area contributed by atoms with Crippen molar-refractivity contribution in [2.45, 2.75) is 38.1 Å². The Balaban J connectivity index is 1.30. The molecule has 0 radical (unpaired) electrons. The molecule has 3 aliphatic rings. The number of pyridine rings is 1. The average Bonchev–Trinajstić information content (AvgIpc) is 3.05. The van der Waals surface area contributed by atoms with E-state index in [0.29, 0.717) is 12.0 Å². The summed E-state index contributed by atoms with van der Waals surface area (Å²) in [5.41, 5.74) is 4.84. The van der Waals surface area contributed by atoms with Crippen LogP contribution in [0, 0.1) is 0 Å². The maximum absolute atomic E-state index is 12.1. The van der Waals surface area contributed by atoms with Crippen molar-refractivity contribution in [1.82, 2.24) is 9.88 Å². The Morgan fingerprint density at radius 2 is 2.10 bits per heavy atom. The highest BCUT2D eigenvalue weighted by atomic mass is 35.5. The third-order valence-electron chi connectivity index (χ3n) is 6.75. The van der Waals surface area contributed by atoms with Crippen LogP contribution in [0.4, 0.5) is 11.4 Å². The molecule has 0 unspecified atom stereocenters. The lowest BCUT2D eigenvalue weighted by Gasteiger charge is -2.41. The van der Waals surface area contributed by atoms with Gasteiger partial charge < -0.3 is 14.7 Å². The second kappa shape index (κ2) is 7.62. The monoisotopic (exact) mass is 410 g/mol. The molecule has 4 heterocycles. The van der Waals surface area contributed by atoms with Crippen molar-refractivity contribution < 1.29 is 4.79 Å². The Kier molecular flexibility index (Phi) is 4.96. The lowest BCUT2D eigenvalue weighted by molar-refractivity contribution is -0.116. The maximum Gasteiger partial charge on any atom is 0.223 e. The molecular weight excluding hydrogens is 384 g/mol. The van der Waals surface area contributed by atoms with Crippen LogP contribution in [0.15, 0.2) is 36.5 Å². The summed E-state index contributed by atoms with van der Waals surface area (Å²) in [5, 5.41) is 0.771. The number of carbonyl (C=O) groups excluding carboxylic acids is 1. The van der Waals surface area contributed by atoms with Crippen molar-refractivity contribution in [1.29, 1.82) is 0 Å². The van der Waals surface area contributed by atoms with Gasteiger partial charge >= 0.3 is 0 Å². The van der Waals surface area contributed by atoms with Crippen LogP contribution >= 0.6 is 11.6 Å². The summed E-state index contributed by atoms with van der Waals surface area (Å²) in [7, 11) is 0. The molecule has 0 N–H and O–H groups in total. The fraction of sp³-hybridized carbons (Fsp3) is 0.478. The predicted octanol–water partition coefficient (Wildman–Crippen LogP) is 3.71. The minimum absolute atomic E-state index is 0.141. The summed E-state index contributed by atoms with van der Waals surface area (Å²) >= 11 is 6.25. The number of likely N-dealkylation sites (tertiary alicyclic amines) is 1. The number of piperidine rings is 1. The first kappa shape index (κ1) is 18.9. The van der Waals surface area contributed by atoms with Gasteiger partial charge in [0.2, 0.25) is 5.91 Å². The first-order valence-corrected chi connectivity index (χ1v) is 11.0. The lowest BCUT2D eigenvalue weighted by atomic mass is 9.89. The SMILES string of the molecule is CC(=O)N1CCN2c3c(cccc31)[C@@H]1CN(CCCc3ncccc3Cl)CC[C@@H]12. The van der Waals surface area contributed by atoms with Gasteiger partial charge in [-0.2, -0.15) is 0 Å². The molecule has 152 valence electrons. The third kappa shape index (κ3) is 3.30. The largest absolute Gasteiger partial charge is 0.364 e. The van der Waals surface area contributed by atoms with E-state index in [4.69, 9.17) is 11.6 Å². The molecule has 5 rings (SSSR count). The predicted molar refractivity (Wildman–Crippen MR) is 117 cm³/mol. The molecule has 5 nitrogen and oxygen atoms in total. The molecule has 2 aromatic rings. The number of nitrogens with zero attached hydrogens (tertiary/aromatic N) is 4.